The van der Waals surface area contributed by atoms with Gasteiger partial charge >= 0.3 is 0 Å². The fourth-order valence-electron chi connectivity index (χ4n) is 2.51. The Morgan fingerprint density at radius 3 is 2.19 bits per heavy atom. The van der Waals surface area contributed by atoms with Crippen molar-refractivity contribution in [2.24, 2.45) is 0 Å². The number of hydrogen-bond donors (Lipinski definition) is 1. The lowest BCUT2D eigenvalue weighted by atomic mass is 10.2. The third kappa shape index (κ3) is 4.94. The van der Waals surface area contributed by atoms with Crippen LogP contribution in [0.25, 0.3) is 0 Å². The normalized spacial score (nSPS) is 12.3. The second-order valence-electron chi connectivity index (χ2n) is 5.75. The lowest BCUT2D eigenvalue weighted by molar-refractivity contribution is -0.116. The van der Waals surface area contributed by atoms with Gasteiger partial charge in [0.25, 0.3) is 0 Å². The van der Waals surface area contributed by atoms with Crippen LogP contribution in [0.1, 0.15) is 13.8 Å². The van der Waals surface area contributed by atoms with Crippen LogP contribution in [0, 0.1) is 11.6 Å². The number of ether oxygens (including phenoxy) is 1. The molecule has 146 valence electrons. The maximum absolute atomic E-state index is 13.7. The van der Waals surface area contributed by atoms with E-state index in [0.717, 1.165) is 28.8 Å². The van der Waals surface area contributed by atoms with Crippen molar-refractivity contribution < 1.29 is 26.7 Å². The van der Waals surface area contributed by atoms with Crippen LogP contribution < -0.4 is 14.4 Å². The first-order chi connectivity index (χ1) is 12.6. The Morgan fingerprint density at radius 2 is 1.70 bits per heavy atom. The van der Waals surface area contributed by atoms with E-state index in [4.69, 9.17) is 4.74 Å². The molecule has 0 bridgehead atoms. The summed E-state index contributed by atoms with van der Waals surface area (Å²) in [6.45, 7) is 3.58. The molecule has 0 radical (unpaired) electrons. The van der Waals surface area contributed by atoms with Gasteiger partial charge in [0.05, 0.1) is 18.6 Å². The number of nitrogens with one attached hydrogen (secondary N) is 1. The molecule has 1 amide bonds. The maximum Gasteiger partial charge on any atom is 0.248 e. The average Bonchev–Trinajstić information content (AvgIpc) is 2.59. The predicted octanol–water partition coefficient (Wildman–Crippen LogP) is 3.16. The molecule has 0 aromatic heterocycles. The predicted molar refractivity (Wildman–Crippen MR) is 99.4 cm³/mol. The summed E-state index contributed by atoms with van der Waals surface area (Å²) in [5, 5.41) is 2.11. The van der Waals surface area contributed by atoms with Gasteiger partial charge in [0.1, 0.15) is 29.1 Å². The molecule has 6 nitrogen and oxygen atoms in total. The van der Waals surface area contributed by atoms with E-state index < -0.39 is 39.3 Å². The van der Waals surface area contributed by atoms with Crippen LogP contribution in [0.15, 0.2) is 42.5 Å². The van der Waals surface area contributed by atoms with E-state index in [1.54, 1.807) is 12.1 Å². The number of rotatable bonds is 7. The van der Waals surface area contributed by atoms with Crippen LogP contribution in [-0.2, 0) is 14.8 Å². The van der Waals surface area contributed by atoms with Gasteiger partial charge in [-0.05, 0) is 50.2 Å². The Labute approximate surface area is 156 Å². The molecule has 1 N–H and O–H groups in total. The molecule has 0 saturated carbocycles. The van der Waals surface area contributed by atoms with Crippen molar-refractivity contribution in [3.05, 3.63) is 54.1 Å². The Kier molecular flexibility index (Phi) is 6.37. The van der Waals surface area contributed by atoms with Gasteiger partial charge < -0.3 is 10.1 Å². The van der Waals surface area contributed by atoms with Crippen molar-refractivity contribution in [1.29, 1.82) is 0 Å². The topological polar surface area (TPSA) is 75.7 Å². The second-order valence-corrected chi connectivity index (χ2v) is 7.61. The first-order valence-corrected chi connectivity index (χ1v) is 9.97. The monoisotopic (exact) mass is 398 g/mol. The highest BCUT2D eigenvalue weighted by molar-refractivity contribution is 7.92. The molecule has 9 heteroatoms. The summed E-state index contributed by atoms with van der Waals surface area (Å²) in [4.78, 5) is 12.5. The van der Waals surface area contributed by atoms with E-state index >= 15 is 0 Å². The maximum atomic E-state index is 13.7. The van der Waals surface area contributed by atoms with E-state index in [-0.39, 0.29) is 5.69 Å². The quantitative estimate of drug-likeness (QED) is 0.777. The van der Waals surface area contributed by atoms with Gasteiger partial charge in [-0.15, -0.1) is 0 Å². The van der Waals surface area contributed by atoms with Crippen LogP contribution in [0.2, 0.25) is 0 Å². The van der Waals surface area contributed by atoms with Crippen molar-refractivity contribution in [3.8, 4) is 5.75 Å². The number of anilines is 2. The molecule has 0 aliphatic heterocycles. The van der Waals surface area contributed by atoms with Gasteiger partial charge in [0.2, 0.25) is 15.9 Å². The SMILES string of the molecule is CCOc1ccc(N(C(C)C(=O)Nc2c(F)cccc2F)S(C)(=O)=O)cc1. The standard InChI is InChI=1S/C18H20F2N2O4S/c1-4-26-14-10-8-13(9-11-14)22(27(3,24)25)12(2)18(23)21-17-15(19)6-5-7-16(17)20/h5-12H,4H2,1-3H3,(H,21,23). The molecule has 1 atom stereocenters. The number of halogens is 2. The van der Waals surface area contributed by atoms with Gasteiger partial charge in [-0.1, -0.05) is 6.07 Å². The van der Waals surface area contributed by atoms with Crippen molar-refractivity contribution in [3.63, 3.8) is 0 Å². The molecule has 0 fully saturated rings. The van der Waals surface area contributed by atoms with Crippen molar-refractivity contribution in [2.45, 2.75) is 19.9 Å². The fourth-order valence-corrected chi connectivity index (χ4v) is 3.68. The minimum atomic E-state index is -3.86. The summed E-state index contributed by atoms with van der Waals surface area (Å²) in [6.07, 6.45) is 0.941. The molecule has 0 saturated heterocycles. The molecule has 0 aliphatic rings. The van der Waals surface area contributed by atoms with Gasteiger partial charge in [-0.2, -0.15) is 0 Å². The third-order valence-electron chi connectivity index (χ3n) is 3.70. The summed E-state index contributed by atoms with van der Waals surface area (Å²) in [5.74, 6) is -2.25. The van der Waals surface area contributed by atoms with E-state index in [1.807, 2.05) is 6.92 Å². The van der Waals surface area contributed by atoms with Gasteiger partial charge in [-0.25, -0.2) is 17.2 Å². The highest BCUT2D eigenvalue weighted by Crippen LogP contribution is 2.25. The minimum Gasteiger partial charge on any atom is -0.494 e. The Morgan fingerprint density at radius 1 is 1.15 bits per heavy atom. The minimum absolute atomic E-state index is 0.220. The molecule has 2 aromatic rings. The molecule has 2 rings (SSSR count). The molecule has 1 unspecified atom stereocenters. The van der Waals surface area contributed by atoms with Crippen LogP contribution in [0.5, 0.6) is 5.75 Å². The summed E-state index contributed by atoms with van der Waals surface area (Å²) in [6, 6.07) is 7.99. The Bertz CT molecular complexity index is 897. The zero-order chi connectivity index (χ0) is 20.2. The van der Waals surface area contributed by atoms with Crippen molar-refractivity contribution in [1.82, 2.24) is 0 Å². The van der Waals surface area contributed by atoms with E-state index in [1.165, 1.54) is 19.1 Å². The second kappa shape index (κ2) is 8.34. The summed E-state index contributed by atoms with van der Waals surface area (Å²) < 4.78 is 58.2. The number of nitrogens with zero attached hydrogens (tertiary/aromatic N) is 1. The van der Waals surface area contributed by atoms with Crippen molar-refractivity contribution >= 4 is 27.3 Å². The number of para-hydroxylation sites is 1. The highest BCUT2D eigenvalue weighted by atomic mass is 32.2. The summed E-state index contributed by atoms with van der Waals surface area (Å²) >= 11 is 0. The number of hydrogen-bond acceptors (Lipinski definition) is 4. The number of carbonyl (C=O) groups excluding carboxylic acids is 1. The molecule has 27 heavy (non-hydrogen) atoms. The first kappa shape index (κ1) is 20.6. The van der Waals surface area contributed by atoms with Crippen LogP contribution in [0.4, 0.5) is 20.2 Å². The van der Waals surface area contributed by atoms with E-state index in [2.05, 4.69) is 5.32 Å². The van der Waals surface area contributed by atoms with Gasteiger partial charge in [0.15, 0.2) is 0 Å². The molecular weight excluding hydrogens is 378 g/mol. The van der Waals surface area contributed by atoms with Crippen molar-refractivity contribution in [2.75, 3.05) is 22.5 Å². The van der Waals surface area contributed by atoms with Gasteiger partial charge in [0, 0.05) is 0 Å². The summed E-state index contributed by atoms with van der Waals surface area (Å²) in [5.41, 5.74) is -0.410. The largest absolute Gasteiger partial charge is 0.494 e. The zero-order valence-corrected chi connectivity index (χ0v) is 15.9. The Hall–Kier alpha value is -2.68. The smallest absolute Gasteiger partial charge is 0.248 e. The van der Waals surface area contributed by atoms with Crippen LogP contribution in [0.3, 0.4) is 0 Å². The summed E-state index contributed by atoms with van der Waals surface area (Å²) in [7, 11) is -3.86. The van der Waals surface area contributed by atoms with E-state index in [9.17, 15) is 22.0 Å². The highest BCUT2D eigenvalue weighted by Gasteiger charge is 2.30. The fraction of sp³-hybridized carbons (Fsp3) is 0.278. The molecular formula is C18H20F2N2O4S. The molecule has 0 heterocycles. The number of sulfonamides is 1. The average molecular weight is 398 g/mol. The van der Waals surface area contributed by atoms with Gasteiger partial charge in [-0.3, -0.25) is 9.10 Å². The third-order valence-corrected chi connectivity index (χ3v) is 4.94. The lowest BCUT2D eigenvalue weighted by Gasteiger charge is -2.28. The van der Waals surface area contributed by atoms with Crippen LogP contribution in [-0.4, -0.2) is 33.2 Å². The molecule has 2 aromatic carbocycles. The Balaban J connectivity index is 2.32. The number of carbonyl (C=O) groups is 1. The lowest BCUT2D eigenvalue weighted by Crippen LogP contribution is -2.45. The van der Waals surface area contributed by atoms with Crippen LogP contribution >= 0.6 is 0 Å². The van der Waals surface area contributed by atoms with E-state index in [0.29, 0.717) is 12.4 Å². The first-order valence-electron chi connectivity index (χ1n) is 8.12. The number of benzene rings is 2. The number of amides is 1. The molecule has 0 spiro atoms. The zero-order valence-electron chi connectivity index (χ0n) is 15.1. The molecule has 0 aliphatic carbocycles.